The summed E-state index contributed by atoms with van der Waals surface area (Å²) < 4.78 is 0. The summed E-state index contributed by atoms with van der Waals surface area (Å²) in [6.07, 6.45) is 1.81. The predicted octanol–water partition coefficient (Wildman–Crippen LogP) is 2.83. The predicted molar refractivity (Wildman–Crippen MR) is 75.5 cm³/mol. The lowest BCUT2D eigenvalue weighted by Crippen LogP contribution is -2.44. The Kier molecular flexibility index (Phi) is 4.51. The third kappa shape index (κ3) is 2.81. The molecule has 98 valence electrons. The van der Waals surface area contributed by atoms with Gasteiger partial charge in [-0.2, -0.15) is 0 Å². The van der Waals surface area contributed by atoms with Crippen LogP contribution in [0.3, 0.4) is 0 Å². The van der Waals surface area contributed by atoms with Crippen molar-refractivity contribution in [3.05, 3.63) is 40.4 Å². The number of aromatic hydroxyl groups is 1. The topological polar surface area (TPSA) is 35.5 Å². The number of halogens is 2. The molecule has 1 aromatic carbocycles. The quantitative estimate of drug-likeness (QED) is 0.839. The number of nitrogens with zero attached hydrogens (tertiary/aromatic N) is 1. The number of phenolic OH excluding ortho intramolecular Hbond substituents is 1. The molecule has 0 amide bonds. The summed E-state index contributed by atoms with van der Waals surface area (Å²) in [6, 6.07) is 3.08. The van der Waals surface area contributed by atoms with Gasteiger partial charge in [-0.3, -0.25) is 4.90 Å². The molecule has 0 aromatic heterocycles. The van der Waals surface area contributed by atoms with Crippen molar-refractivity contribution in [2.24, 2.45) is 0 Å². The van der Waals surface area contributed by atoms with Gasteiger partial charge in [0.2, 0.25) is 0 Å². The minimum atomic E-state index is -0.0862. The van der Waals surface area contributed by atoms with E-state index < -0.39 is 0 Å². The molecule has 1 atom stereocenters. The van der Waals surface area contributed by atoms with Gasteiger partial charge in [0, 0.05) is 36.8 Å². The van der Waals surface area contributed by atoms with Gasteiger partial charge in [0.15, 0.2) is 0 Å². The molecule has 2 rings (SSSR count). The van der Waals surface area contributed by atoms with Crippen LogP contribution in [0.5, 0.6) is 5.75 Å². The van der Waals surface area contributed by atoms with Crippen molar-refractivity contribution in [3.8, 4) is 5.75 Å². The number of hydrogen-bond acceptors (Lipinski definition) is 3. The Morgan fingerprint density at radius 2 is 2.00 bits per heavy atom. The molecule has 18 heavy (non-hydrogen) atoms. The standard InChI is InChI=1S/C13H16Cl2N2O/c1-2-11(17-5-3-16-4-6-17)13-10(15)7-9(14)8-12(13)18/h2,7-8,11,16,18H,1,3-6H2/t11-/m1/s1. The highest BCUT2D eigenvalue weighted by Gasteiger charge is 2.24. The Morgan fingerprint density at radius 1 is 1.33 bits per heavy atom. The van der Waals surface area contributed by atoms with Gasteiger partial charge < -0.3 is 10.4 Å². The van der Waals surface area contributed by atoms with E-state index in [-0.39, 0.29) is 11.8 Å². The van der Waals surface area contributed by atoms with E-state index >= 15 is 0 Å². The molecule has 5 heteroatoms. The monoisotopic (exact) mass is 286 g/mol. The van der Waals surface area contributed by atoms with Crippen LogP contribution in [-0.4, -0.2) is 36.2 Å². The first-order chi connectivity index (χ1) is 8.63. The SMILES string of the molecule is C=C[C@H](c1c(O)cc(Cl)cc1Cl)N1CCNCC1. The summed E-state index contributed by atoms with van der Waals surface area (Å²) >= 11 is 12.1. The van der Waals surface area contributed by atoms with Crippen molar-refractivity contribution in [3.63, 3.8) is 0 Å². The zero-order chi connectivity index (χ0) is 13.1. The fraction of sp³-hybridized carbons (Fsp3) is 0.385. The molecule has 1 fully saturated rings. The van der Waals surface area contributed by atoms with Gasteiger partial charge in [-0.15, -0.1) is 6.58 Å². The first-order valence-electron chi connectivity index (χ1n) is 5.88. The van der Waals surface area contributed by atoms with E-state index in [1.54, 1.807) is 12.1 Å². The molecule has 1 aliphatic rings. The highest BCUT2D eigenvalue weighted by atomic mass is 35.5. The number of rotatable bonds is 3. The van der Waals surface area contributed by atoms with Crippen molar-refractivity contribution in [1.29, 1.82) is 0 Å². The lowest BCUT2D eigenvalue weighted by Gasteiger charge is -2.34. The van der Waals surface area contributed by atoms with Gasteiger partial charge in [0.05, 0.1) is 11.1 Å². The first kappa shape index (κ1) is 13.7. The smallest absolute Gasteiger partial charge is 0.123 e. The fourth-order valence-corrected chi connectivity index (χ4v) is 2.87. The molecule has 0 saturated carbocycles. The van der Waals surface area contributed by atoms with E-state index in [4.69, 9.17) is 23.2 Å². The number of hydrogen-bond donors (Lipinski definition) is 2. The van der Waals surface area contributed by atoms with Crippen molar-refractivity contribution >= 4 is 23.2 Å². The number of nitrogens with one attached hydrogen (secondary N) is 1. The molecule has 1 aliphatic heterocycles. The number of piperazine rings is 1. The molecular weight excluding hydrogens is 271 g/mol. The van der Waals surface area contributed by atoms with E-state index in [0.717, 1.165) is 26.2 Å². The van der Waals surface area contributed by atoms with Gasteiger partial charge in [-0.05, 0) is 12.1 Å². The van der Waals surface area contributed by atoms with Crippen LogP contribution in [0.4, 0.5) is 0 Å². The maximum atomic E-state index is 10.0. The average Bonchev–Trinajstić information content (AvgIpc) is 2.34. The Labute approximate surface area is 117 Å². The summed E-state index contributed by atoms with van der Waals surface area (Å²) in [6.45, 7) is 7.50. The molecule has 0 radical (unpaired) electrons. The van der Waals surface area contributed by atoms with E-state index in [1.165, 1.54) is 6.07 Å². The summed E-state index contributed by atoms with van der Waals surface area (Å²) in [4.78, 5) is 2.23. The van der Waals surface area contributed by atoms with E-state index in [2.05, 4.69) is 16.8 Å². The second-order valence-corrected chi connectivity index (χ2v) is 5.13. The van der Waals surface area contributed by atoms with Gasteiger partial charge in [0.1, 0.15) is 5.75 Å². The van der Waals surface area contributed by atoms with Crippen molar-refractivity contribution in [2.45, 2.75) is 6.04 Å². The number of benzene rings is 1. The Hall–Kier alpha value is -0.740. The minimum absolute atomic E-state index is 0.0862. The number of phenols is 1. The lowest BCUT2D eigenvalue weighted by atomic mass is 10.0. The first-order valence-corrected chi connectivity index (χ1v) is 6.64. The van der Waals surface area contributed by atoms with Gasteiger partial charge in [0.25, 0.3) is 0 Å². The van der Waals surface area contributed by atoms with Crippen LogP contribution in [0, 0.1) is 0 Å². The van der Waals surface area contributed by atoms with Gasteiger partial charge in [-0.1, -0.05) is 29.3 Å². The van der Waals surface area contributed by atoms with Crippen molar-refractivity contribution < 1.29 is 5.11 Å². The third-order valence-electron chi connectivity index (χ3n) is 3.14. The Bertz CT molecular complexity index is 422. The van der Waals surface area contributed by atoms with Crippen LogP contribution >= 0.6 is 23.2 Å². The second kappa shape index (κ2) is 5.93. The van der Waals surface area contributed by atoms with Gasteiger partial charge >= 0.3 is 0 Å². The van der Waals surface area contributed by atoms with Crippen LogP contribution in [-0.2, 0) is 0 Å². The largest absolute Gasteiger partial charge is 0.507 e. The Balaban J connectivity index is 2.35. The van der Waals surface area contributed by atoms with Crippen LogP contribution in [0.1, 0.15) is 11.6 Å². The average molecular weight is 287 g/mol. The Morgan fingerprint density at radius 3 is 2.56 bits per heavy atom. The summed E-state index contributed by atoms with van der Waals surface area (Å²) in [5.41, 5.74) is 0.679. The molecule has 2 N–H and O–H groups in total. The molecule has 3 nitrogen and oxygen atoms in total. The lowest BCUT2D eigenvalue weighted by molar-refractivity contribution is 0.201. The zero-order valence-corrected chi connectivity index (χ0v) is 11.5. The molecule has 0 spiro atoms. The zero-order valence-electron chi connectivity index (χ0n) is 10.00. The van der Waals surface area contributed by atoms with E-state index in [1.807, 2.05) is 0 Å². The third-order valence-corrected chi connectivity index (χ3v) is 3.67. The normalized spacial score (nSPS) is 18.6. The van der Waals surface area contributed by atoms with E-state index in [9.17, 15) is 5.11 Å². The molecule has 0 aliphatic carbocycles. The molecule has 1 aromatic rings. The highest BCUT2D eigenvalue weighted by Crippen LogP contribution is 2.37. The van der Waals surface area contributed by atoms with E-state index in [0.29, 0.717) is 15.6 Å². The van der Waals surface area contributed by atoms with Crippen LogP contribution < -0.4 is 5.32 Å². The second-order valence-electron chi connectivity index (χ2n) is 4.29. The summed E-state index contributed by atoms with van der Waals surface area (Å²) in [5, 5.41) is 14.2. The minimum Gasteiger partial charge on any atom is -0.507 e. The molecule has 1 heterocycles. The molecular formula is C13H16Cl2N2O. The van der Waals surface area contributed by atoms with Crippen molar-refractivity contribution in [2.75, 3.05) is 26.2 Å². The van der Waals surface area contributed by atoms with Crippen LogP contribution in [0.25, 0.3) is 0 Å². The maximum absolute atomic E-state index is 10.0. The highest BCUT2D eigenvalue weighted by molar-refractivity contribution is 6.35. The van der Waals surface area contributed by atoms with Crippen LogP contribution in [0.15, 0.2) is 24.8 Å². The molecule has 0 unspecified atom stereocenters. The van der Waals surface area contributed by atoms with Crippen molar-refractivity contribution in [1.82, 2.24) is 10.2 Å². The van der Waals surface area contributed by atoms with Crippen LogP contribution in [0.2, 0.25) is 10.0 Å². The summed E-state index contributed by atoms with van der Waals surface area (Å²) in [5.74, 6) is 0.121. The molecule has 0 bridgehead atoms. The molecule has 1 saturated heterocycles. The maximum Gasteiger partial charge on any atom is 0.123 e. The summed E-state index contributed by atoms with van der Waals surface area (Å²) in [7, 11) is 0. The van der Waals surface area contributed by atoms with Gasteiger partial charge in [-0.25, -0.2) is 0 Å². The fourth-order valence-electron chi connectivity index (χ4n) is 2.27.